The second kappa shape index (κ2) is 6.17. The van der Waals surface area contributed by atoms with Gasteiger partial charge in [0.1, 0.15) is 11.3 Å². The number of anilines is 1. The molecule has 2 heterocycles. The Bertz CT molecular complexity index is 688. The van der Waals surface area contributed by atoms with E-state index in [1.807, 2.05) is 17.7 Å². The number of hydrogen-bond donors (Lipinski definition) is 3. The average molecular weight is 354 g/mol. The van der Waals surface area contributed by atoms with E-state index in [1.165, 1.54) is 6.20 Å². The zero-order chi connectivity index (χ0) is 15.6. The highest BCUT2D eigenvalue weighted by molar-refractivity contribution is 9.10. The molecule has 1 amide bonds. The predicted molar refractivity (Wildman–Crippen MR) is 82.9 cm³/mol. The minimum atomic E-state index is -1.07. The van der Waals surface area contributed by atoms with Crippen LogP contribution < -0.4 is 5.32 Å². The predicted octanol–water partition coefficient (Wildman–Crippen LogP) is 3.25. The molecular formula is C14H16BrN3O3. The first-order chi connectivity index (χ1) is 9.93. The van der Waals surface area contributed by atoms with Crippen LogP contribution in [-0.2, 0) is 6.54 Å². The third kappa shape index (κ3) is 3.18. The van der Waals surface area contributed by atoms with Gasteiger partial charge in [0.2, 0.25) is 0 Å². The maximum atomic E-state index is 12.3. The Kier molecular flexibility index (Phi) is 4.52. The number of H-pyrrole nitrogens is 1. The van der Waals surface area contributed by atoms with Crippen molar-refractivity contribution < 1.29 is 14.7 Å². The van der Waals surface area contributed by atoms with Gasteiger partial charge in [-0.2, -0.15) is 0 Å². The molecule has 0 aliphatic carbocycles. The quantitative estimate of drug-likeness (QED) is 0.770. The lowest BCUT2D eigenvalue weighted by Crippen LogP contribution is -2.18. The highest BCUT2D eigenvalue weighted by atomic mass is 79.9. The van der Waals surface area contributed by atoms with Gasteiger partial charge in [-0.25, -0.2) is 4.79 Å². The summed E-state index contributed by atoms with van der Waals surface area (Å²) in [5.41, 5.74) is 1.34. The molecule has 0 aromatic carbocycles. The van der Waals surface area contributed by atoms with Crippen molar-refractivity contribution >= 4 is 33.5 Å². The van der Waals surface area contributed by atoms with Crippen molar-refractivity contribution in [3.63, 3.8) is 0 Å². The Balaban J connectivity index is 2.28. The first-order valence-electron chi connectivity index (χ1n) is 6.52. The summed E-state index contributed by atoms with van der Waals surface area (Å²) < 4.78 is 2.64. The number of nitrogens with one attached hydrogen (secondary N) is 2. The van der Waals surface area contributed by atoms with Crippen LogP contribution in [0.5, 0.6) is 0 Å². The topological polar surface area (TPSA) is 87.1 Å². The molecule has 0 unspecified atom stereocenters. The van der Waals surface area contributed by atoms with Crippen LogP contribution in [0.2, 0.25) is 0 Å². The summed E-state index contributed by atoms with van der Waals surface area (Å²) >= 11 is 3.35. The van der Waals surface area contributed by atoms with Crippen molar-refractivity contribution in [2.75, 3.05) is 5.32 Å². The van der Waals surface area contributed by atoms with Crippen molar-refractivity contribution in [1.29, 1.82) is 0 Å². The summed E-state index contributed by atoms with van der Waals surface area (Å²) in [4.78, 5) is 26.4. The zero-order valence-electron chi connectivity index (χ0n) is 11.7. The summed E-state index contributed by atoms with van der Waals surface area (Å²) in [6.45, 7) is 4.38. The lowest BCUT2D eigenvalue weighted by Gasteiger charge is -2.08. The van der Waals surface area contributed by atoms with Crippen LogP contribution in [0.25, 0.3) is 0 Å². The molecule has 0 aliphatic heterocycles. The van der Waals surface area contributed by atoms with Crippen molar-refractivity contribution in [3.8, 4) is 0 Å². The molecule has 0 atom stereocenters. The van der Waals surface area contributed by atoms with E-state index in [4.69, 9.17) is 0 Å². The maximum absolute atomic E-state index is 12.3. The number of aryl methyl sites for hydroxylation is 2. The Morgan fingerprint density at radius 1 is 1.48 bits per heavy atom. The molecule has 0 saturated carbocycles. The number of aromatic carboxylic acids is 1. The number of hydrogen-bond acceptors (Lipinski definition) is 2. The number of carbonyl (C=O) groups is 2. The summed E-state index contributed by atoms with van der Waals surface area (Å²) in [7, 11) is 0. The molecule has 6 nitrogen and oxygen atoms in total. The van der Waals surface area contributed by atoms with Gasteiger partial charge in [0.05, 0.1) is 5.69 Å². The lowest BCUT2D eigenvalue weighted by atomic mass is 10.2. The minimum absolute atomic E-state index is 0.0796. The van der Waals surface area contributed by atoms with E-state index < -0.39 is 5.97 Å². The molecule has 2 aromatic heterocycles. The molecule has 0 aliphatic rings. The second-order valence-electron chi connectivity index (χ2n) is 4.70. The fourth-order valence-corrected chi connectivity index (χ4v) is 2.64. The average Bonchev–Trinajstić information content (AvgIpc) is 2.93. The van der Waals surface area contributed by atoms with Gasteiger partial charge < -0.3 is 20.0 Å². The second-order valence-corrected chi connectivity index (χ2v) is 5.61. The fourth-order valence-electron chi connectivity index (χ4n) is 2.18. The van der Waals surface area contributed by atoms with Gasteiger partial charge in [0, 0.05) is 29.1 Å². The third-order valence-corrected chi connectivity index (χ3v) is 3.53. The number of aromatic amines is 1. The number of aromatic nitrogens is 2. The van der Waals surface area contributed by atoms with E-state index in [9.17, 15) is 14.7 Å². The van der Waals surface area contributed by atoms with Crippen LogP contribution in [-0.4, -0.2) is 26.5 Å². The summed E-state index contributed by atoms with van der Waals surface area (Å²) in [6, 6.07) is 1.71. The summed E-state index contributed by atoms with van der Waals surface area (Å²) in [6.07, 6.45) is 4.21. The number of carbonyl (C=O) groups excluding carboxylic acids is 1. The van der Waals surface area contributed by atoms with E-state index in [0.717, 1.165) is 10.9 Å². The van der Waals surface area contributed by atoms with E-state index in [0.29, 0.717) is 17.9 Å². The standard InChI is InChI=1S/C14H16BrN3O3/c1-3-4-18-7-9(15)5-11(18)13(19)17-10-6-16-8(2)12(10)14(20)21/h5-7,16H,3-4H2,1-2H3,(H,17,19)(H,20,21). The van der Waals surface area contributed by atoms with Crippen molar-refractivity contribution in [1.82, 2.24) is 9.55 Å². The Labute approximate surface area is 130 Å². The molecule has 112 valence electrons. The SMILES string of the molecule is CCCn1cc(Br)cc1C(=O)Nc1c[nH]c(C)c1C(=O)O. The number of rotatable bonds is 5. The largest absolute Gasteiger partial charge is 0.478 e. The van der Waals surface area contributed by atoms with Crippen LogP contribution in [0.3, 0.4) is 0 Å². The molecule has 0 spiro atoms. The number of halogens is 1. The van der Waals surface area contributed by atoms with Gasteiger partial charge in [-0.15, -0.1) is 0 Å². The molecule has 0 saturated heterocycles. The molecule has 21 heavy (non-hydrogen) atoms. The monoisotopic (exact) mass is 353 g/mol. The van der Waals surface area contributed by atoms with E-state index >= 15 is 0 Å². The summed E-state index contributed by atoms with van der Waals surface area (Å²) in [5.74, 6) is -1.41. The smallest absolute Gasteiger partial charge is 0.339 e. The van der Waals surface area contributed by atoms with Gasteiger partial charge in [-0.3, -0.25) is 4.79 Å². The number of nitrogens with zero attached hydrogens (tertiary/aromatic N) is 1. The fraction of sp³-hybridized carbons (Fsp3) is 0.286. The van der Waals surface area contributed by atoms with Gasteiger partial charge in [-0.05, 0) is 35.3 Å². The van der Waals surface area contributed by atoms with Crippen molar-refractivity contribution in [3.05, 3.63) is 39.9 Å². The minimum Gasteiger partial charge on any atom is -0.478 e. The first kappa shape index (κ1) is 15.4. The van der Waals surface area contributed by atoms with E-state index in [2.05, 4.69) is 26.2 Å². The highest BCUT2D eigenvalue weighted by Crippen LogP contribution is 2.21. The highest BCUT2D eigenvalue weighted by Gasteiger charge is 2.19. The van der Waals surface area contributed by atoms with Gasteiger partial charge in [-0.1, -0.05) is 6.92 Å². The molecule has 0 radical (unpaired) electrons. The van der Waals surface area contributed by atoms with Crippen LogP contribution in [0.4, 0.5) is 5.69 Å². The number of amides is 1. The molecule has 2 rings (SSSR count). The van der Waals surface area contributed by atoms with E-state index in [-0.39, 0.29) is 17.2 Å². The van der Waals surface area contributed by atoms with Crippen molar-refractivity contribution in [2.45, 2.75) is 26.8 Å². The summed E-state index contributed by atoms with van der Waals surface area (Å²) in [5, 5.41) is 11.8. The maximum Gasteiger partial charge on any atom is 0.339 e. The van der Waals surface area contributed by atoms with Crippen LogP contribution in [0, 0.1) is 6.92 Å². The number of carboxylic acids is 1. The third-order valence-electron chi connectivity index (χ3n) is 3.10. The van der Waals surface area contributed by atoms with Crippen molar-refractivity contribution in [2.24, 2.45) is 0 Å². The van der Waals surface area contributed by atoms with Gasteiger partial charge in [0.25, 0.3) is 5.91 Å². The van der Waals surface area contributed by atoms with Gasteiger partial charge >= 0.3 is 5.97 Å². The van der Waals surface area contributed by atoms with Crippen LogP contribution >= 0.6 is 15.9 Å². The Hall–Kier alpha value is -2.02. The lowest BCUT2D eigenvalue weighted by molar-refractivity contribution is 0.0697. The number of carboxylic acid groups (broad SMARTS) is 1. The first-order valence-corrected chi connectivity index (χ1v) is 7.31. The molecule has 0 bridgehead atoms. The van der Waals surface area contributed by atoms with E-state index in [1.54, 1.807) is 13.0 Å². The normalized spacial score (nSPS) is 10.6. The molecule has 2 aromatic rings. The zero-order valence-corrected chi connectivity index (χ0v) is 13.3. The van der Waals surface area contributed by atoms with Crippen LogP contribution in [0.1, 0.15) is 39.9 Å². The van der Waals surface area contributed by atoms with Crippen LogP contribution in [0.15, 0.2) is 22.9 Å². The molecule has 3 N–H and O–H groups in total. The molecular weight excluding hydrogens is 338 g/mol. The Morgan fingerprint density at radius 2 is 2.19 bits per heavy atom. The van der Waals surface area contributed by atoms with Gasteiger partial charge in [0.15, 0.2) is 0 Å². The molecule has 7 heteroatoms. The molecule has 0 fully saturated rings. The Morgan fingerprint density at radius 3 is 2.81 bits per heavy atom.